The van der Waals surface area contributed by atoms with E-state index in [2.05, 4.69) is 16.6 Å². The number of amides is 1. The van der Waals surface area contributed by atoms with Crippen molar-refractivity contribution in [2.45, 2.75) is 19.9 Å². The van der Waals surface area contributed by atoms with E-state index in [9.17, 15) is 4.79 Å². The maximum Gasteiger partial charge on any atom is 0.246 e. The van der Waals surface area contributed by atoms with Gasteiger partial charge in [0, 0.05) is 11.3 Å². The minimum Gasteiger partial charge on any atom is -0.324 e. The van der Waals surface area contributed by atoms with Crippen LogP contribution in [0.4, 0.5) is 5.69 Å². The zero-order valence-corrected chi connectivity index (χ0v) is 9.42. The third-order valence-electron chi connectivity index (χ3n) is 2.88. The monoisotopic (exact) mass is 214 g/mol. The van der Waals surface area contributed by atoms with Crippen LogP contribution < -0.4 is 10.6 Å². The Kier molecular flexibility index (Phi) is 2.67. The number of benzene rings is 1. The summed E-state index contributed by atoms with van der Waals surface area (Å²) in [6.45, 7) is 4.39. The number of hydrogen-bond acceptors (Lipinski definition) is 2. The highest BCUT2D eigenvalue weighted by molar-refractivity contribution is 6.03. The highest BCUT2D eigenvalue weighted by Gasteiger charge is 2.32. The maximum atomic E-state index is 11.8. The van der Waals surface area contributed by atoms with Crippen LogP contribution in [-0.4, -0.2) is 12.5 Å². The largest absolute Gasteiger partial charge is 0.324 e. The summed E-state index contributed by atoms with van der Waals surface area (Å²) in [6.07, 6.45) is 5.20. The summed E-state index contributed by atoms with van der Waals surface area (Å²) < 4.78 is 0. The molecule has 0 radical (unpaired) electrons. The van der Waals surface area contributed by atoms with Gasteiger partial charge in [-0.25, -0.2) is 0 Å². The van der Waals surface area contributed by atoms with Crippen LogP contribution in [0.15, 0.2) is 12.1 Å². The molecule has 1 aromatic carbocycles. The van der Waals surface area contributed by atoms with Gasteiger partial charge in [0.15, 0.2) is 0 Å². The molecule has 1 unspecified atom stereocenters. The zero-order chi connectivity index (χ0) is 11.7. The first-order chi connectivity index (χ1) is 7.65. The van der Waals surface area contributed by atoms with Crippen molar-refractivity contribution in [2.75, 3.05) is 11.9 Å². The molecule has 2 rings (SSSR count). The van der Waals surface area contributed by atoms with Crippen molar-refractivity contribution in [2.24, 2.45) is 0 Å². The van der Waals surface area contributed by atoms with E-state index in [4.69, 9.17) is 6.42 Å². The first-order valence-electron chi connectivity index (χ1n) is 5.23. The fraction of sp³-hybridized carbons (Fsp3) is 0.308. The standard InChI is InChI=1S/C13H14N2O/c1-4-7-14-12-10-8(2)5-6-9(3)11(10)15-13(12)16/h1,5-6,12,14H,7H2,2-3H3,(H,15,16). The summed E-state index contributed by atoms with van der Waals surface area (Å²) in [5, 5.41) is 5.95. The Hall–Kier alpha value is -1.79. The van der Waals surface area contributed by atoms with Crippen LogP contribution in [0.3, 0.4) is 0 Å². The molecule has 2 N–H and O–H groups in total. The highest BCUT2D eigenvalue weighted by atomic mass is 16.2. The molecule has 0 spiro atoms. The Balaban J connectivity index is 2.44. The molecule has 82 valence electrons. The van der Waals surface area contributed by atoms with Gasteiger partial charge in [-0.2, -0.15) is 0 Å². The van der Waals surface area contributed by atoms with Gasteiger partial charge in [-0.3, -0.25) is 10.1 Å². The number of aryl methyl sites for hydroxylation is 2. The summed E-state index contributed by atoms with van der Waals surface area (Å²) >= 11 is 0. The molecule has 1 aromatic rings. The van der Waals surface area contributed by atoms with Crippen molar-refractivity contribution < 1.29 is 4.79 Å². The van der Waals surface area contributed by atoms with Crippen molar-refractivity contribution in [3.8, 4) is 12.3 Å². The number of carbonyl (C=O) groups excluding carboxylic acids is 1. The minimum atomic E-state index is -0.314. The number of fused-ring (bicyclic) bond motifs is 1. The normalized spacial score (nSPS) is 17.8. The van der Waals surface area contributed by atoms with Crippen LogP contribution in [0.25, 0.3) is 0 Å². The first kappa shape index (κ1) is 10.7. The van der Waals surface area contributed by atoms with Gasteiger partial charge in [0.2, 0.25) is 5.91 Å². The Labute approximate surface area is 95.2 Å². The molecule has 1 atom stereocenters. The zero-order valence-electron chi connectivity index (χ0n) is 9.42. The van der Waals surface area contributed by atoms with Crippen LogP contribution >= 0.6 is 0 Å². The number of nitrogens with one attached hydrogen (secondary N) is 2. The molecular formula is C13H14N2O. The van der Waals surface area contributed by atoms with Gasteiger partial charge in [-0.1, -0.05) is 18.1 Å². The Morgan fingerprint density at radius 2 is 2.12 bits per heavy atom. The Morgan fingerprint density at radius 3 is 2.81 bits per heavy atom. The van der Waals surface area contributed by atoms with Crippen molar-refractivity contribution in [3.63, 3.8) is 0 Å². The first-order valence-corrected chi connectivity index (χ1v) is 5.23. The summed E-state index contributed by atoms with van der Waals surface area (Å²) in [4.78, 5) is 11.8. The molecule has 0 aromatic heterocycles. The molecule has 0 bridgehead atoms. The van der Waals surface area contributed by atoms with Crippen LogP contribution in [0, 0.1) is 26.2 Å². The molecule has 1 aliphatic rings. The Morgan fingerprint density at radius 1 is 1.44 bits per heavy atom. The lowest BCUT2D eigenvalue weighted by atomic mass is 9.99. The number of hydrogen-bond donors (Lipinski definition) is 2. The molecule has 3 heteroatoms. The third-order valence-corrected chi connectivity index (χ3v) is 2.88. The van der Waals surface area contributed by atoms with E-state index in [0.29, 0.717) is 6.54 Å². The van der Waals surface area contributed by atoms with Gasteiger partial charge in [-0.15, -0.1) is 6.42 Å². The van der Waals surface area contributed by atoms with Gasteiger partial charge in [0.05, 0.1) is 6.54 Å². The summed E-state index contributed by atoms with van der Waals surface area (Å²) in [5.74, 6) is 2.46. The van der Waals surface area contributed by atoms with E-state index >= 15 is 0 Å². The topological polar surface area (TPSA) is 41.1 Å². The maximum absolute atomic E-state index is 11.8. The van der Waals surface area contributed by atoms with E-state index in [1.807, 2.05) is 26.0 Å². The SMILES string of the molecule is C#CCNC1C(=O)Nc2c(C)ccc(C)c21. The average molecular weight is 214 g/mol. The van der Waals surface area contributed by atoms with Crippen molar-refractivity contribution >= 4 is 11.6 Å². The van der Waals surface area contributed by atoms with Crippen molar-refractivity contribution in [1.29, 1.82) is 0 Å². The lowest BCUT2D eigenvalue weighted by Crippen LogP contribution is -2.28. The van der Waals surface area contributed by atoms with Crippen molar-refractivity contribution in [1.82, 2.24) is 5.32 Å². The lowest BCUT2D eigenvalue weighted by Gasteiger charge is -2.12. The van der Waals surface area contributed by atoms with Crippen LogP contribution in [0.5, 0.6) is 0 Å². The second-order valence-electron chi connectivity index (χ2n) is 4.00. The molecule has 0 saturated heterocycles. The number of rotatable bonds is 2. The molecular weight excluding hydrogens is 200 g/mol. The molecule has 1 amide bonds. The second kappa shape index (κ2) is 3.99. The van der Waals surface area contributed by atoms with Crippen molar-refractivity contribution in [3.05, 3.63) is 28.8 Å². The predicted octanol–water partition coefficient (Wildman–Crippen LogP) is 1.52. The quantitative estimate of drug-likeness (QED) is 0.733. The van der Waals surface area contributed by atoms with Crippen LogP contribution in [0.1, 0.15) is 22.7 Å². The fourth-order valence-corrected chi connectivity index (χ4v) is 2.05. The van der Waals surface area contributed by atoms with Crippen LogP contribution in [-0.2, 0) is 4.79 Å². The molecule has 1 aliphatic heterocycles. The van der Waals surface area contributed by atoms with Gasteiger partial charge in [-0.05, 0) is 25.0 Å². The van der Waals surface area contributed by atoms with E-state index in [1.54, 1.807) is 0 Å². The third kappa shape index (κ3) is 1.58. The van der Waals surface area contributed by atoms with E-state index in [1.165, 1.54) is 0 Å². The van der Waals surface area contributed by atoms with Crippen LogP contribution in [0.2, 0.25) is 0 Å². The molecule has 1 heterocycles. The van der Waals surface area contributed by atoms with E-state index in [-0.39, 0.29) is 11.9 Å². The van der Waals surface area contributed by atoms with Gasteiger partial charge in [0.1, 0.15) is 6.04 Å². The molecule has 0 saturated carbocycles. The van der Waals surface area contributed by atoms with E-state index < -0.39 is 0 Å². The predicted molar refractivity (Wildman–Crippen MR) is 64.1 cm³/mol. The summed E-state index contributed by atoms with van der Waals surface area (Å²) in [6, 6.07) is 3.72. The van der Waals surface area contributed by atoms with Gasteiger partial charge < -0.3 is 5.32 Å². The van der Waals surface area contributed by atoms with Gasteiger partial charge >= 0.3 is 0 Å². The number of anilines is 1. The fourth-order valence-electron chi connectivity index (χ4n) is 2.05. The molecule has 0 aliphatic carbocycles. The lowest BCUT2D eigenvalue weighted by molar-refractivity contribution is -0.117. The molecule has 3 nitrogen and oxygen atoms in total. The molecule has 16 heavy (non-hydrogen) atoms. The second-order valence-corrected chi connectivity index (χ2v) is 4.00. The minimum absolute atomic E-state index is 0.0253. The highest BCUT2D eigenvalue weighted by Crippen LogP contribution is 2.35. The number of carbonyl (C=O) groups is 1. The average Bonchev–Trinajstić information content (AvgIpc) is 2.59. The smallest absolute Gasteiger partial charge is 0.246 e. The van der Waals surface area contributed by atoms with E-state index in [0.717, 1.165) is 22.4 Å². The summed E-state index contributed by atoms with van der Waals surface area (Å²) in [5.41, 5.74) is 4.15. The Bertz CT molecular complexity index is 485. The van der Waals surface area contributed by atoms with Gasteiger partial charge in [0.25, 0.3) is 0 Å². The number of terminal acetylenes is 1. The molecule has 0 fully saturated rings. The summed E-state index contributed by atoms with van der Waals surface area (Å²) in [7, 11) is 0.